The number of aliphatic hydroxyl groups is 1. The summed E-state index contributed by atoms with van der Waals surface area (Å²) in [6, 6.07) is 2.14. The Balaban J connectivity index is 1.56. The van der Waals surface area contributed by atoms with Crippen molar-refractivity contribution in [2.75, 3.05) is 26.7 Å². The number of β-lactam (4-membered cyclic amide) rings is 1. The number of carbonyl (C=O) groups is 3. The van der Waals surface area contributed by atoms with Gasteiger partial charge in [0.25, 0.3) is 5.91 Å². The molecule has 1 aromatic rings. The van der Waals surface area contributed by atoms with Crippen LogP contribution in [0.1, 0.15) is 30.6 Å². The molecule has 2 heterocycles. The number of carboxylic acid groups (broad SMARTS) is 1. The molecule has 1 aromatic carbocycles. The number of carboxylic acids is 1. The number of benzene rings is 1. The first-order valence-corrected chi connectivity index (χ1v) is 11.0. The Morgan fingerprint density at radius 3 is 2.58 bits per heavy atom. The highest BCUT2D eigenvalue weighted by Crippen LogP contribution is 2.47. The predicted molar refractivity (Wildman–Crippen MR) is 119 cm³/mol. The molecule has 0 unspecified atom stereocenters. The Hall–Kier alpha value is -2.82. The highest BCUT2D eigenvalue weighted by molar-refractivity contribution is 6.35. The minimum Gasteiger partial charge on any atom is -0.504 e. The average Bonchev–Trinajstić information content (AvgIpc) is 2.97. The Morgan fingerprint density at radius 2 is 1.97 bits per heavy atom. The molecule has 2 aliphatic rings. The molecular formula is C22H28ClN3O7. The lowest BCUT2D eigenvalue weighted by molar-refractivity contribution is -0.163. The minimum atomic E-state index is -1.16. The molecule has 2 amide bonds. The second-order valence-corrected chi connectivity index (χ2v) is 8.95. The van der Waals surface area contributed by atoms with Gasteiger partial charge in [-0.25, -0.2) is 4.79 Å². The van der Waals surface area contributed by atoms with E-state index in [1.807, 2.05) is 18.9 Å². The molecule has 0 radical (unpaired) electrons. The number of halogens is 1. The Labute approximate surface area is 196 Å². The van der Waals surface area contributed by atoms with Gasteiger partial charge in [0.15, 0.2) is 11.5 Å². The number of aromatic hydroxyl groups is 2. The van der Waals surface area contributed by atoms with Crippen molar-refractivity contribution in [3.05, 3.63) is 34.0 Å². The quantitative estimate of drug-likeness (QED) is 0.199. The van der Waals surface area contributed by atoms with E-state index < -0.39 is 35.4 Å². The average molecular weight is 482 g/mol. The molecule has 0 aromatic heterocycles. The zero-order valence-corrected chi connectivity index (χ0v) is 19.3. The van der Waals surface area contributed by atoms with Gasteiger partial charge in [0.05, 0.1) is 28.6 Å². The number of phenolic OH excluding ortho intramolecular Hbond substituents is 2. The van der Waals surface area contributed by atoms with E-state index in [0.29, 0.717) is 31.6 Å². The second kappa shape index (κ2) is 9.58. The van der Waals surface area contributed by atoms with Crippen molar-refractivity contribution in [2.24, 2.45) is 11.8 Å². The lowest BCUT2D eigenvalue weighted by atomic mass is 9.77. The van der Waals surface area contributed by atoms with E-state index in [1.54, 1.807) is 0 Å². The molecule has 0 saturated carbocycles. The van der Waals surface area contributed by atoms with Crippen molar-refractivity contribution in [3.63, 3.8) is 0 Å². The number of hydrogen-bond donors (Lipinski definition) is 5. The number of rotatable bonds is 9. The van der Waals surface area contributed by atoms with Crippen LogP contribution in [0.2, 0.25) is 5.02 Å². The summed E-state index contributed by atoms with van der Waals surface area (Å²) < 4.78 is 0. The third kappa shape index (κ3) is 4.50. The van der Waals surface area contributed by atoms with Crippen LogP contribution in [0.3, 0.4) is 0 Å². The van der Waals surface area contributed by atoms with Crippen LogP contribution in [-0.2, 0) is 9.59 Å². The predicted octanol–water partition coefficient (Wildman–Crippen LogP) is 0.999. The molecule has 0 spiro atoms. The van der Waals surface area contributed by atoms with Gasteiger partial charge in [-0.2, -0.15) is 0 Å². The molecule has 33 heavy (non-hydrogen) atoms. The van der Waals surface area contributed by atoms with Crippen LogP contribution in [0, 0.1) is 11.8 Å². The molecule has 3 rings (SSSR count). The Kier molecular flexibility index (Phi) is 7.20. The summed E-state index contributed by atoms with van der Waals surface area (Å²) in [6.07, 6.45) is -0.294. The lowest BCUT2D eigenvalue weighted by Gasteiger charge is -2.46. The number of aliphatic hydroxyl groups excluding tert-OH is 1. The van der Waals surface area contributed by atoms with Crippen molar-refractivity contribution in [3.8, 4) is 11.5 Å². The van der Waals surface area contributed by atoms with E-state index in [-0.39, 0.29) is 34.2 Å². The number of fused-ring (bicyclic) bond motifs is 1. The van der Waals surface area contributed by atoms with E-state index in [4.69, 9.17) is 11.6 Å². The lowest BCUT2D eigenvalue weighted by Crippen LogP contribution is -2.63. The third-order valence-corrected chi connectivity index (χ3v) is 6.68. The van der Waals surface area contributed by atoms with Gasteiger partial charge in [-0.1, -0.05) is 18.5 Å². The molecule has 2 aliphatic heterocycles. The minimum absolute atomic E-state index is 0.00340. The molecule has 10 nitrogen and oxygen atoms in total. The molecular weight excluding hydrogens is 454 g/mol. The van der Waals surface area contributed by atoms with E-state index >= 15 is 0 Å². The van der Waals surface area contributed by atoms with Gasteiger partial charge in [0.2, 0.25) is 5.91 Å². The number of aliphatic carboxylic acids is 1. The van der Waals surface area contributed by atoms with Gasteiger partial charge in [0, 0.05) is 19.0 Å². The van der Waals surface area contributed by atoms with Gasteiger partial charge >= 0.3 is 5.97 Å². The standard InChI is InChI=1S/C22H28ClN3O7/c1-10-13(18(22(32)33)26-17(10)15(11(2)27)21(26)31)9-25(3)8-4-7-24-20(30)12-5-6-14(28)19(29)16(12)23/h5-6,10-11,15,17,27-29H,4,7-9H2,1-3H3,(H,24,30)(H,32,33)/t10-,11+,15+,17+/m0/s1. The summed E-state index contributed by atoms with van der Waals surface area (Å²) in [5.74, 6) is -3.78. The molecule has 0 bridgehead atoms. The molecule has 1 fully saturated rings. The number of carbonyl (C=O) groups excluding carboxylic acids is 2. The summed E-state index contributed by atoms with van der Waals surface area (Å²) in [5.41, 5.74) is 0.677. The fourth-order valence-electron chi connectivity index (χ4n) is 4.60. The van der Waals surface area contributed by atoms with Crippen LogP contribution in [0.4, 0.5) is 0 Å². The van der Waals surface area contributed by atoms with E-state index in [0.717, 1.165) is 0 Å². The maximum atomic E-state index is 12.4. The summed E-state index contributed by atoms with van der Waals surface area (Å²) in [5, 5.41) is 41.1. The van der Waals surface area contributed by atoms with Gasteiger partial charge < -0.3 is 35.5 Å². The highest BCUT2D eigenvalue weighted by atomic mass is 35.5. The van der Waals surface area contributed by atoms with Crippen molar-refractivity contribution in [1.82, 2.24) is 15.1 Å². The molecule has 180 valence electrons. The fourth-order valence-corrected chi connectivity index (χ4v) is 4.84. The topological polar surface area (TPSA) is 151 Å². The normalized spacial score (nSPS) is 22.9. The van der Waals surface area contributed by atoms with E-state index in [1.165, 1.54) is 24.0 Å². The smallest absolute Gasteiger partial charge is 0.352 e. The third-order valence-electron chi connectivity index (χ3n) is 6.30. The Bertz CT molecular complexity index is 1010. The van der Waals surface area contributed by atoms with E-state index in [9.17, 15) is 34.8 Å². The first kappa shape index (κ1) is 24.8. The van der Waals surface area contributed by atoms with Crippen LogP contribution in [-0.4, -0.2) is 86.8 Å². The zero-order valence-electron chi connectivity index (χ0n) is 18.6. The van der Waals surface area contributed by atoms with Crippen molar-refractivity contribution < 1.29 is 34.8 Å². The zero-order chi connectivity index (χ0) is 24.6. The SMILES string of the molecule is C[C@@H](O)[C@H]1C(=O)N2C(C(=O)O)=C(CN(C)CCCNC(=O)c3ccc(O)c(O)c3Cl)[C@H](C)[C@H]12. The van der Waals surface area contributed by atoms with Gasteiger partial charge in [-0.3, -0.25) is 9.59 Å². The maximum Gasteiger partial charge on any atom is 0.352 e. The van der Waals surface area contributed by atoms with Crippen molar-refractivity contribution >= 4 is 29.4 Å². The summed E-state index contributed by atoms with van der Waals surface area (Å²) in [6.45, 7) is 4.59. The number of nitrogens with zero attached hydrogens (tertiary/aromatic N) is 2. The summed E-state index contributed by atoms with van der Waals surface area (Å²) in [4.78, 5) is 39.8. The number of likely N-dealkylation sites (N-methyl/N-ethyl adjacent to an activating group) is 1. The number of hydrogen-bond acceptors (Lipinski definition) is 7. The second-order valence-electron chi connectivity index (χ2n) is 8.57. The van der Waals surface area contributed by atoms with Crippen LogP contribution >= 0.6 is 11.6 Å². The maximum absolute atomic E-state index is 12.4. The van der Waals surface area contributed by atoms with Crippen LogP contribution in [0.25, 0.3) is 0 Å². The van der Waals surface area contributed by atoms with Crippen LogP contribution < -0.4 is 5.32 Å². The van der Waals surface area contributed by atoms with Gasteiger partial charge in [-0.05, 0) is 44.6 Å². The molecule has 4 atom stereocenters. The van der Waals surface area contributed by atoms with Gasteiger partial charge in [0.1, 0.15) is 5.70 Å². The van der Waals surface area contributed by atoms with Crippen LogP contribution in [0.15, 0.2) is 23.4 Å². The fraction of sp³-hybridized carbons (Fsp3) is 0.500. The monoisotopic (exact) mass is 481 g/mol. The van der Waals surface area contributed by atoms with Crippen molar-refractivity contribution in [1.29, 1.82) is 0 Å². The van der Waals surface area contributed by atoms with E-state index in [2.05, 4.69) is 5.32 Å². The largest absolute Gasteiger partial charge is 0.504 e. The van der Waals surface area contributed by atoms with Gasteiger partial charge in [-0.15, -0.1) is 0 Å². The number of nitrogens with one attached hydrogen (secondary N) is 1. The molecule has 5 N–H and O–H groups in total. The molecule has 1 saturated heterocycles. The molecule has 0 aliphatic carbocycles. The summed E-state index contributed by atoms with van der Waals surface area (Å²) >= 11 is 5.90. The number of phenols is 2. The Morgan fingerprint density at radius 1 is 1.30 bits per heavy atom. The molecule has 11 heteroatoms. The summed E-state index contributed by atoms with van der Waals surface area (Å²) in [7, 11) is 1.82. The number of amides is 2. The highest BCUT2D eigenvalue weighted by Gasteiger charge is 2.59. The van der Waals surface area contributed by atoms with Crippen molar-refractivity contribution in [2.45, 2.75) is 32.4 Å². The first-order chi connectivity index (χ1) is 15.5. The first-order valence-electron chi connectivity index (χ1n) is 10.6. The van der Waals surface area contributed by atoms with Crippen LogP contribution in [0.5, 0.6) is 11.5 Å².